The predicted molar refractivity (Wildman–Crippen MR) is 79.0 cm³/mol. The van der Waals surface area contributed by atoms with Gasteiger partial charge in [-0.3, -0.25) is 0 Å². The number of phenols is 1. The first-order valence-electron chi connectivity index (χ1n) is 6.55. The number of hydrogen-bond donors (Lipinski definition) is 1. The van der Waals surface area contributed by atoms with Gasteiger partial charge in [-0.2, -0.15) is 0 Å². The van der Waals surface area contributed by atoms with Gasteiger partial charge < -0.3 is 14.6 Å². The SMILES string of the molecule is COc1ccc(C2=C(c3ccc(O)cc3)C(=O)OC2=O)cc1. The summed E-state index contributed by atoms with van der Waals surface area (Å²) in [5.41, 5.74) is 1.48. The third-order valence-electron chi connectivity index (χ3n) is 3.38. The molecule has 110 valence electrons. The van der Waals surface area contributed by atoms with Gasteiger partial charge in [0, 0.05) is 0 Å². The number of phenolic OH excluding ortho intramolecular Hbond substituents is 1. The maximum absolute atomic E-state index is 12.0. The van der Waals surface area contributed by atoms with E-state index in [0.717, 1.165) is 0 Å². The number of aromatic hydroxyl groups is 1. The third kappa shape index (κ3) is 2.33. The molecular weight excluding hydrogens is 284 g/mol. The van der Waals surface area contributed by atoms with Crippen LogP contribution in [0.4, 0.5) is 0 Å². The zero-order chi connectivity index (χ0) is 15.7. The number of ether oxygens (including phenoxy) is 2. The molecule has 1 heterocycles. The van der Waals surface area contributed by atoms with E-state index in [1.807, 2.05) is 0 Å². The topological polar surface area (TPSA) is 72.8 Å². The Labute approximate surface area is 126 Å². The fraction of sp³-hybridized carbons (Fsp3) is 0.0588. The summed E-state index contributed by atoms with van der Waals surface area (Å²) in [6.07, 6.45) is 0. The molecule has 0 unspecified atom stereocenters. The smallest absolute Gasteiger partial charge is 0.347 e. The van der Waals surface area contributed by atoms with Gasteiger partial charge in [0.15, 0.2) is 0 Å². The van der Waals surface area contributed by atoms with Crippen molar-refractivity contribution in [3.63, 3.8) is 0 Å². The number of esters is 2. The number of methoxy groups -OCH3 is 1. The van der Waals surface area contributed by atoms with Gasteiger partial charge >= 0.3 is 11.9 Å². The highest BCUT2D eigenvalue weighted by molar-refractivity contribution is 6.44. The maximum atomic E-state index is 12.0. The molecule has 0 atom stereocenters. The van der Waals surface area contributed by atoms with Crippen LogP contribution in [0.15, 0.2) is 48.5 Å². The average molecular weight is 296 g/mol. The minimum Gasteiger partial charge on any atom is -0.508 e. The average Bonchev–Trinajstić information content (AvgIpc) is 2.82. The number of carbonyl (C=O) groups excluding carboxylic acids is 2. The van der Waals surface area contributed by atoms with Crippen molar-refractivity contribution < 1.29 is 24.2 Å². The number of rotatable bonds is 3. The molecule has 3 rings (SSSR count). The molecule has 0 saturated heterocycles. The summed E-state index contributed by atoms with van der Waals surface area (Å²) in [6.45, 7) is 0. The molecule has 2 aromatic carbocycles. The Kier molecular flexibility index (Phi) is 3.39. The predicted octanol–water partition coefficient (Wildman–Crippen LogP) is 2.39. The van der Waals surface area contributed by atoms with E-state index in [-0.39, 0.29) is 16.9 Å². The molecule has 0 aliphatic carbocycles. The molecule has 0 bridgehead atoms. The summed E-state index contributed by atoms with van der Waals surface area (Å²) >= 11 is 0. The van der Waals surface area contributed by atoms with E-state index in [1.54, 1.807) is 43.5 Å². The van der Waals surface area contributed by atoms with Crippen molar-refractivity contribution in [1.82, 2.24) is 0 Å². The van der Waals surface area contributed by atoms with Crippen LogP contribution in [0.25, 0.3) is 11.1 Å². The molecule has 5 heteroatoms. The van der Waals surface area contributed by atoms with Crippen molar-refractivity contribution in [2.45, 2.75) is 0 Å². The van der Waals surface area contributed by atoms with Gasteiger partial charge in [-0.05, 0) is 35.4 Å². The van der Waals surface area contributed by atoms with Crippen LogP contribution >= 0.6 is 0 Å². The van der Waals surface area contributed by atoms with Gasteiger partial charge in [-0.25, -0.2) is 9.59 Å². The molecule has 0 aromatic heterocycles. The van der Waals surface area contributed by atoms with E-state index in [4.69, 9.17) is 9.47 Å². The Bertz CT molecular complexity index is 770. The van der Waals surface area contributed by atoms with Gasteiger partial charge in [0.2, 0.25) is 0 Å². The number of carbonyl (C=O) groups is 2. The summed E-state index contributed by atoms with van der Waals surface area (Å²) in [5.74, 6) is -0.652. The zero-order valence-electron chi connectivity index (χ0n) is 11.7. The van der Waals surface area contributed by atoms with E-state index >= 15 is 0 Å². The zero-order valence-corrected chi connectivity index (χ0v) is 11.7. The number of cyclic esters (lactones) is 2. The van der Waals surface area contributed by atoms with Gasteiger partial charge in [0.1, 0.15) is 11.5 Å². The van der Waals surface area contributed by atoms with Gasteiger partial charge in [-0.15, -0.1) is 0 Å². The molecule has 0 spiro atoms. The summed E-state index contributed by atoms with van der Waals surface area (Å²) in [5, 5.41) is 9.34. The highest BCUT2D eigenvalue weighted by Crippen LogP contribution is 2.34. The molecule has 22 heavy (non-hydrogen) atoms. The second kappa shape index (κ2) is 5.37. The highest BCUT2D eigenvalue weighted by Gasteiger charge is 2.34. The van der Waals surface area contributed by atoms with Crippen LogP contribution in [0.5, 0.6) is 11.5 Å². The Morgan fingerprint density at radius 2 is 1.27 bits per heavy atom. The lowest BCUT2D eigenvalue weighted by molar-refractivity contribution is -0.149. The summed E-state index contributed by atoms with van der Waals surface area (Å²) in [7, 11) is 1.55. The second-order valence-corrected chi connectivity index (χ2v) is 4.70. The molecule has 1 aliphatic heterocycles. The van der Waals surface area contributed by atoms with Gasteiger partial charge in [0.25, 0.3) is 0 Å². The minimum absolute atomic E-state index is 0.0769. The first-order chi connectivity index (χ1) is 10.6. The quantitative estimate of drug-likeness (QED) is 0.695. The number of benzene rings is 2. The molecule has 0 amide bonds. The van der Waals surface area contributed by atoms with E-state index in [2.05, 4.69) is 0 Å². The Morgan fingerprint density at radius 3 is 1.73 bits per heavy atom. The fourth-order valence-corrected chi connectivity index (χ4v) is 2.30. The lowest BCUT2D eigenvalue weighted by atomic mass is 9.96. The third-order valence-corrected chi connectivity index (χ3v) is 3.38. The van der Waals surface area contributed by atoms with Crippen molar-refractivity contribution in [3.05, 3.63) is 59.7 Å². The number of hydrogen-bond acceptors (Lipinski definition) is 5. The molecule has 0 saturated carbocycles. The van der Waals surface area contributed by atoms with Crippen LogP contribution in [0.3, 0.4) is 0 Å². The first-order valence-corrected chi connectivity index (χ1v) is 6.55. The van der Waals surface area contributed by atoms with Crippen molar-refractivity contribution in [2.75, 3.05) is 7.11 Å². The summed E-state index contributed by atoms with van der Waals surface area (Å²) in [6, 6.07) is 12.8. The van der Waals surface area contributed by atoms with Crippen LogP contribution in [0.2, 0.25) is 0 Å². The molecule has 1 aliphatic rings. The largest absolute Gasteiger partial charge is 0.508 e. The maximum Gasteiger partial charge on any atom is 0.347 e. The Balaban J connectivity index is 2.15. The van der Waals surface area contributed by atoms with E-state index < -0.39 is 11.9 Å². The van der Waals surface area contributed by atoms with Crippen LogP contribution in [0, 0.1) is 0 Å². The molecule has 5 nitrogen and oxygen atoms in total. The van der Waals surface area contributed by atoms with Crippen molar-refractivity contribution >= 4 is 23.1 Å². The Morgan fingerprint density at radius 1 is 0.818 bits per heavy atom. The van der Waals surface area contributed by atoms with Crippen LogP contribution in [-0.4, -0.2) is 24.2 Å². The first kappa shape index (κ1) is 13.9. The molecule has 0 radical (unpaired) electrons. The minimum atomic E-state index is -0.693. The van der Waals surface area contributed by atoms with E-state index in [1.165, 1.54) is 12.1 Å². The van der Waals surface area contributed by atoms with Gasteiger partial charge in [-0.1, -0.05) is 24.3 Å². The molecular formula is C17H12O5. The molecule has 0 fully saturated rings. The lowest BCUT2D eigenvalue weighted by Gasteiger charge is -2.05. The normalized spacial score (nSPS) is 14.2. The lowest BCUT2D eigenvalue weighted by Crippen LogP contribution is -2.02. The van der Waals surface area contributed by atoms with Crippen LogP contribution < -0.4 is 4.74 Å². The summed E-state index contributed by atoms with van der Waals surface area (Å²) < 4.78 is 9.81. The van der Waals surface area contributed by atoms with Crippen LogP contribution in [-0.2, 0) is 14.3 Å². The van der Waals surface area contributed by atoms with Crippen molar-refractivity contribution in [1.29, 1.82) is 0 Å². The highest BCUT2D eigenvalue weighted by atomic mass is 16.6. The van der Waals surface area contributed by atoms with Crippen LogP contribution in [0.1, 0.15) is 11.1 Å². The van der Waals surface area contributed by atoms with Crippen molar-refractivity contribution in [2.24, 2.45) is 0 Å². The molecule has 2 aromatic rings. The molecule has 1 N–H and O–H groups in total. The Hall–Kier alpha value is -3.08. The summed E-state index contributed by atoms with van der Waals surface area (Å²) in [4.78, 5) is 24.0. The fourth-order valence-electron chi connectivity index (χ4n) is 2.30. The standard InChI is InChI=1S/C17H12O5/c1-21-13-8-4-11(5-9-13)15-14(16(19)22-17(15)20)10-2-6-12(18)7-3-10/h2-9,18H,1H3. The monoisotopic (exact) mass is 296 g/mol. The van der Waals surface area contributed by atoms with Gasteiger partial charge in [0.05, 0.1) is 18.3 Å². The van der Waals surface area contributed by atoms with E-state index in [9.17, 15) is 14.7 Å². The second-order valence-electron chi connectivity index (χ2n) is 4.70. The van der Waals surface area contributed by atoms with Crippen molar-refractivity contribution in [3.8, 4) is 11.5 Å². The van der Waals surface area contributed by atoms with E-state index in [0.29, 0.717) is 16.9 Å².